The van der Waals surface area contributed by atoms with Gasteiger partial charge in [0, 0.05) is 32.6 Å². The minimum Gasteiger partial charge on any atom is -0.385 e. The predicted octanol–water partition coefficient (Wildman–Crippen LogP) is 2.46. The third kappa shape index (κ3) is 3.86. The van der Waals surface area contributed by atoms with Crippen LogP contribution < -0.4 is 21.5 Å². The van der Waals surface area contributed by atoms with Crippen molar-refractivity contribution in [1.29, 1.82) is 0 Å². The number of hydrogen-bond donors (Lipinski definition) is 3. The average molecular weight is 461 g/mol. The zero-order valence-electron chi connectivity index (χ0n) is 18.6. The highest BCUT2D eigenvalue weighted by Crippen LogP contribution is 2.29. The van der Waals surface area contributed by atoms with Crippen molar-refractivity contribution >= 4 is 34.2 Å². The van der Waals surface area contributed by atoms with Crippen molar-refractivity contribution in [1.82, 2.24) is 25.0 Å². The number of nitrogens with one attached hydrogen (secondary N) is 3. The van der Waals surface area contributed by atoms with Gasteiger partial charge >= 0.3 is 0 Å². The number of rotatable bonds is 7. The summed E-state index contributed by atoms with van der Waals surface area (Å²) >= 11 is 0. The third-order valence-corrected chi connectivity index (χ3v) is 5.87. The standard InChI is InChI=1S/C23H23N7O4/c1-24-16-11-18(26-15-6-4-10-30(23(15)32)13-5-3-9-25-12-13)28-19-20(29-34-21(16)19)22(31)27-14-7-8-17(14)33-2/h3-6,9-12,14,17H,7-8H2,1-2H3,(H,27,31)(H2,24,26,28)/t14-,17-/m1/s1. The number of hydrogen-bond acceptors (Lipinski definition) is 9. The Labute approximate surface area is 194 Å². The molecule has 5 rings (SSSR count). The fraction of sp³-hybridized carbons (Fsp3) is 0.261. The molecule has 0 unspecified atom stereocenters. The summed E-state index contributed by atoms with van der Waals surface area (Å²) in [5.41, 5.74) is 1.93. The molecule has 34 heavy (non-hydrogen) atoms. The lowest BCUT2D eigenvalue weighted by molar-refractivity contribution is 0.00718. The van der Waals surface area contributed by atoms with Gasteiger partial charge in [-0.1, -0.05) is 5.16 Å². The van der Waals surface area contributed by atoms with E-state index in [1.165, 1.54) is 4.57 Å². The maximum absolute atomic E-state index is 13.1. The maximum atomic E-state index is 13.1. The fourth-order valence-electron chi connectivity index (χ4n) is 3.90. The molecule has 0 spiro atoms. The van der Waals surface area contributed by atoms with Gasteiger partial charge in [0.15, 0.2) is 5.69 Å². The van der Waals surface area contributed by atoms with E-state index >= 15 is 0 Å². The minimum absolute atomic E-state index is 0.0137. The molecule has 1 amide bonds. The number of amides is 1. The Hall–Kier alpha value is -4.25. The minimum atomic E-state index is -0.393. The van der Waals surface area contributed by atoms with Crippen LogP contribution in [0.4, 0.5) is 17.2 Å². The first-order chi connectivity index (χ1) is 16.6. The summed E-state index contributed by atoms with van der Waals surface area (Å²) in [6, 6.07) is 8.56. The fourth-order valence-corrected chi connectivity index (χ4v) is 3.90. The van der Waals surface area contributed by atoms with E-state index < -0.39 is 5.91 Å². The summed E-state index contributed by atoms with van der Waals surface area (Å²) < 4.78 is 12.2. The van der Waals surface area contributed by atoms with Crippen molar-refractivity contribution < 1.29 is 14.1 Å². The number of carbonyl (C=O) groups is 1. The lowest BCUT2D eigenvalue weighted by Gasteiger charge is -2.35. The molecule has 4 aromatic heterocycles. The smallest absolute Gasteiger partial charge is 0.278 e. The van der Waals surface area contributed by atoms with Gasteiger partial charge in [-0.3, -0.25) is 19.1 Å². The van der Waals surface area contributed by atoms with Crippen LogP contribution in [0, 0.1) is 0 Å². The Kier molecular flexibility index (Phi) is 5.68. The number of fused-ring (bicyclic) bond motifs is 1. The van der Waals surface area contributed by atoms with Crippen LogP contribution in [0.25, 0.3) is 16.8 Å². The summed E-state index contributed by atoms with van der Waals surface area (Å²) in [7, 11) is 3.34. The summed E-state index contributed by atoms with van der Waals surface area (Å²) in [5, 5.41) is 13.0. The molecule has 3 N–H and O–H groups in total. The molecule has 11 heteroatoms. The van der Waals surface area contributed by atoms with E-state index in [4.69, 9.17) is 9.26 Å². The van der Waals surface area contributed by atoms with Gasteiger partial charge in [0.1, 0.15) is 17.0 Å². The van der Waals surface area contributed by atoms with Crippen molar-refractivity contribution in [2.45, 2.75) is 25.0 Å². The molecular formula is C23H23N7O4. The van der Waals surface area contributed by atoms with Crippen molar-refractivity contribution in [2.75, 3.05) is 24.8 Å². The van der Waals surface area contributed by atoms with Crippen molar-refractivity contribution in [3.63, 3.8) is 0 Å². The van der Waals surface area contributed by atoms with Crippen LogP contribution >= 0.6 is 0 Å². The molecule has 0 bridgehead atoms. The molecule has 1 fully saturated rings. The zero-order valence-corrected chi connectivity index (χ0v) is 18.6. The highest BCUT2D eigenvalue weighted by Gasteiger charge is 2.33. The number of ether oxygens (including phenoxy) is 1. The molecule has 4 heterocycles. The summed E-state index contributed by atoms with van der Waals surface area (Å²) in [6.07, 6.45) is 6.62. The summed E-state index contributed by atoms with van der Waals surface area (Å²) in [4.78, 5) is 34.5. The van der Waals surface area contributed by atoms with Gasteiger partial charge in [-0.15, -0.1) is 0 Å². The molecule has 2 atom stereocenters. The van der Waals surface area contributed by atoms with Crippen LogP contribution in [0.1, 0.15) is 23.3 Å². The number of anilines is 3. The second kappa shape index (κ2) is 8.94. The first-order valence-electron chi connectivity index (χ1n) is 10.8. The molecule has 0 saturated heterocycles. The molecular weight excluding hydrogens is 438 g/mol. The first kappa shape index (κ1) is 21.6. The third-order valence-electron chi connectivity index (χ3n) is 5.87. The average Bonchev–Trinajstić information content (AvgIpc) is 3.27. The Morgan fingerprint density at radius 2 is 2.12 bits per heavy atom. The quantitative estimate of drug-likeness (QED) is 0.379. The van der Waals surface area contributed by atoms with Gasteiger partial charge in [0.05, 0.1) is 29.7 Å². The molecule has 4 aromatic rings. The summed E-state index contributed by atoms with van der Waals surface area (Å²) in [5.74, 6) is -0.0376. The SMILES string of the molecule is CNc1cc(Nc2cccn(-c3cccnc3)c2=O)nc2c(C(=O)N[C@@H]3CC[C@H]3OC)noc12. The lowest BCUT2D eigenvalue weighted by Crippen LogP contribution is -2.51. The topological polar surface area (TPSA) is 136 Å². The van der Waals surface area contributed by atoms with Gasteiger partial charge in [-0.05, 0) is 37.1 Å². The number of pyridine rings is 3. The van der Waals surface area contributed by atoms with E-state index in [1.54, 1.807) is 63.1 Å². The van der Waals surface area contributed by atoms with E-state index in [0.717, 1.165) is 12.8 Å². The Bertz CT molecular complexity index is 1400. The largest absolute Gasteiger partial charge is 0.385 e. The predicted molar refractivity (Wildman–Crippen MR) is 126 cm³/mol. The van der Waals surface area contributed by atoms with Crippen LogP contribution in [0.5, 0.6) is 0 Å². The van der Waals surface area contributed by atoms with E-state index in [1.807, 2.05) is 0 Å². The molecule has 1 saturated carbocycles. The normalized spacial score (nSPS) is 17.2. The number of methoxy groups -OCH3 is 1. The maximum Gasteiger partial charge on any atom is 0.278 e. The lowest BCUT2D eigenvalue weighted by atomic mass is 9.89. The summed E-state index contributed by atoms with van der Waals surface area (Å²) in [6.45, 7) is 0. The number of aromatic nitrogens is 4. The monoisotopic (exact) mass is 461 g/mol. The van der Waals surface area contributed by atoms with Crippen LogP contribution in [-0.4, -0.2) is 51.9 Å². The Balaban J connectivity index is 1.48. The Morgan fingerprint density at radius 1 is 1.24 bits per heavy atom. The molecule has 1 aliphatic carbocycles. The van der Waals surface area contributed by atoms with Gasteiger partial charge in [0.25, 0.3) is 11.5 Å². The van der Waals surface area contributed by atoms with Gasteiger partial charge in [0.2, 0.25) is 5.58 Å². The number of carbonyl (C=O) groups excluding carboxylic acids is 1. The second-order valence-corrected chi connectivity index (χ2v) is 7.88. The van der Waals surface area contributed by atoms with Crippen LogP contribution in [-0.2, 0) is 4.74 Å². The van der Waals surface area contributed by atoms with Crippen LogP contribution in [0.2, 0.25) is 0 Å². The highest BCUT2D eigenvalue weighted by atomic mass is 16.5. The van der Waals surface area contributed by atoms with Crippen molar-refractivity contribution in [3.05, 3.63) is 65.0 Å². The molecule has 0 aliphatic heterocycles. The van der Waals surface area contributed by atoms with Gasteiger partial charge in [-0.2, -0.15) is 0 Å². The van der Waals surface area contributed by atoms with Crippen molar-refractivity contribution in [3.8, 4) is 5.69 Å². The molecule has 11 nitrogen and oxygen atoms in total. The molecule has 0 radical (unpaired) electrons. The van der Waals surface area contributed by atoms with E-state index in [-0.39, 0.29) is 28.9 Å². The molecule has 1 aliphatic rings. The van der Waals surface area contributed by atoms with E-state index in [2.05, 4.69) is 31.1 Å². The van der Waals surface area contributed by atoms with Gasteiger partial charge in [-0.25, -0.2) is 4.98 Å². The second-order valence-electron chi connectivity index (χ2n) is 7.88. The number of nitrogens with zero attached hydrogens (tertiary/aromatic N) is 4. The van der Waals surface area contributed by atoms with E-state index in [0.29, 0.717) is 28.5 Å². The van der Waals surface area contributed by atoms with Gasteiger partial charge < -0.3 is 25.2 Å². The van der Waals surface area contributed by atoms with E-state index in [9.17, 15) is 9.59 Å². The highest BCUT2D eigenvalue weighted by molar-refractivity contribution is 6.05. The Morgan fingerprint density at radius 3 is 2.82 bits per heavy atom. The van der Waals surface area contributed by atoms with Crippen LogP contribution in [0.3, 0.4) is 0 Å². The van der Waals surface area contributed by atoms with Crippen LogP contribution in [0.15, 0.2) is 58.2 Å². The molecule has 174 valence electrons. The molecule has 0 aromatic carbocycles. The van der Waals surface area contributed by atoms with Crippen molar-refractivity contribution in [2.24, 2.45) is 0 Å². The zero-order chi connectivity index (χ0) is 23.7. The first-order valence-corrected chi connectivity index (χ1v) is 10.8.